The summed E-state index contributed by atoms with van der Waals surface area (Å²) in [5, 5.41) is 14.9. The monoisotopic (exact) mass is 293 g/mol. The van der Waals surface area contributed by atoms with Gasteiger partial charge in [0, 0.05) is 5.25 Å². The standard InChI is InChI=1S/C10H15NO3S3/c11-17(13,14)10-6-5-9(16-10)15-8-3-1-7(12)2-4-8/h5-8,12H,1-4H2,(H2,11,13,14). The lowest BCUT2D eigenvalue weighted by atomic mass is 9.97. The highest BCUT2D eigenvalue weighted by Gasteiger charge is 2.21. The third-order valence-electron chi connectivity index (χ3n) is 2.76. The molecule has 1 aromatic rings. The number of aliphatic hydroxyl groups is 1. The van der Waals surface area contributed by atoms with Gasteiger partial charge in [-0.3, -0.25) is 0 Å². The highest BCUT2D eigenvalue weighted by Crippen LogP contribution is 2.37. The summed E-state index contributed by atoms with van der Waals surface area (Å²) in [6, 6.07) is 3.36. The fourth-order valence-corrected chi connectivity index (χ4v) is 5.32. The van der Waals surface area contributed by atoms with E-state index in [0.29, 0.717) is 5.25 Å². The van der Waals surface area contributed by atoms with E-state index in [1.54, 1.807) is 23.9 Å². The normalized spacial score (nSPS) is 26.0. The maximum absolute atomic E-state index is 11.1. The Morgan fingerprint density at radius 3 is 2.47 bits per heavy atom. The van der Waals surface area contributed by atoms with Crippen molar-refractivity contribution < 1.29 is 13.5 Å². The van der Waals surface area contributed by atoms with Crippen molar-refractivity contribution in [1.29, 1.82) is 0 Å². The summed E-state index contributed by atoms with van der Waals surface area (Å²) in [4.78, 5) is 0. The van der Waals surface area contributed by atoms with Gasteiger partial charge in [0.15, 0.2) is 0 Å². The zero-order valence-corrected chi connectivity index (χ0v) is 11.7. The molecule has 1 aromatic heterocycles. The maximum Gasteiger partial charge on any atom is 0.247 e. The van der Waals surface area contributed by atoms with Gasteiger partial charge in [0.2, 0.25) is 10.0 Å². The lowest BCUT2D eigenvalue weighted by molar-refractivity contribution is 0.132. The van der Waals surface area contributed by atoms with Crippen molar-refractivity contribution in [3.63, 3.8) is 0 Å². The molecule has 17 heavy (non-hydrogen) atoms. The SMILES string of the molecule is NS(=O)(=O)c1ccc(SC2CCC(O)CC2)s1. The van der Waals surface area contributed by atoms with Gasteiger partial charge in [0.1, 0.15) is 4.21 Å². The summed E-state index contributed by atoms with van der Waals surface area (Å²) in [7, 11) is -3.57. The predicted octanol–water partition coefficient (Wildman–Crippen LogP) is 1.79. The van der Waals surface area contributed by atoms with Gasteiger partial charge in [-0.05, 0) is 37.8 Å². The van der Waals surface area contributed by atoms with Crippen LogP contribution >= 0.6 is 23.1 Å². The lowest BCUT2D eigenvalue weighted by Gasteiger charge is -2.24. The fourth-order valence-electron chi connectivity index (χ4n) is 1.85. The van der Waals surface area contributed by atoms with E-state index < -0.39 is 10.0 Å². The second kappa shape index (κ2) is 5.27. The van der Waals surface area contributed by atoms with Crippen molar-refractivity contribution in [2.45, 2.75) is 45.5 Å². The van der Waals surface area contributed by atoms with E-state index in [0.717, 1.165) is 29.9 Å². The molecule has 1 fully saturated rings. The van der Waals surface area contributed by atoms with Gasteiger partial charge in [0.05, 0.1) is 10.3 Å². The molecule has 2 rings (SSSR count). The summed E-state index contributed by atoms with van der Waals surface area (Å²) < 4.78 is 23.5. The van der Waals surface area contributed by atoms with Crippen LogP contribution in [0.1, 0.15) is 25.7 Å². The van der Waals surface area contributed by atoms with Crippen LogP contribution in [0.3, 0.4) is 0 Å². The predicted molar refractivity (Wildman–Crippen MR) is 69.8 cm³/mol. The average molecular weight is 293 g/mol. The molecular weight excluding hydrogens is 278 g/mol. The number of primary sulfonamides is 1. The topological polar surface area (TPSA) is 80.4 Å². The van der Waals surface area contributed by atoms with Gasteiger partial charge >= 0.3 is 0 Å². The molecule has 1 heterocycles. The number of hydrogen-bond acceptors (Lipinski definition) is 5. The lowest BCUT2D eigenvalue weighted by Crippen LogP contribution is -2.19. The Balaban J connectivity index is 1.98. The van der Waals surface area contributed by atoms with Gasteiger partial charge in [-0.25, -0.2) is 13.6 Å². The van der Waals surface area contributed by atoms with Crippen LogP contribution in [0.15, 0.2) is 20.6 Å². The van der Waals surface area contributed by atoms with E-state index in [-0.39, 0.29) is 10.3 Å². The first kappa shape index (κ1) is 13.4. The third kappa shape index (κ3) is 3.69. The number of nitrogens with two attached hydrogens (primary N) is 1. The van der Waals surface area contributed by atoms with Crippen LogP contribution in [0.25, 0.3) is 0 Å². The Hall–Kier alpha value is -0.0800. The summed E-state index contributed by atoms with van der Waals surface area (Å²) >= 11 is 2.91. The Bertz CT molecular complexity index is 475. The zero-order valence-electron chi connectivity index (χ0n) is 9.20. The van der Waals surface area contributed by atoms with E-state index >= 15 is 0 Å². The molecule has 1 aliphatic carbocycles. The second-order valence-electron chi connectivity index (χ2n) is 4.17. The molecule has 7 heteroatoms. The van der Waals surface area contributed by atoms with Crippen molar-refractivity contribution in [2.75, 3.05) is 0 Å². The van der Waals surface area contributed by atoms with E-state index in [1.165, 1.54) is 11.3 Å². The summed E-state index contributed by atoms with van der Waals surface area (Å²) in [6.45, 7) is 0. The van der Waals surface area contributed by atoms with E-state index in [4.69, 9.17) is 5.14 Å². The van der Waals surface area contributed by atoms with Crippen LogP contribution in [-0.2, 0) is 10.0 Å². The van der Waals surface area contributed by atoms with Gasteiger partial charge in [-0.2, -0.15) is 0 Å². The van der Waals surface area contributed by atoms with Crippen molar-refractivity contribution in [2.24, 2.45) is 5.14 Å². The molecule has 0 radical (unpaired) electrons. The molecule has 1 aliphatic rings. The molecule has 0 saturated heterocycles. The van der Waals surface area contributed by atoms with Crippen molar-refractivity contribution in [1.82, 2.24) is 0 Å². The number of rotatable bonds is 3. The number of thioether (sulfide) groups is 1. The molecule has 0 spiro atoms. The molecule has 96 valence electrons. The van der Waals surface area contributed by atoms with Gasteiger partial charge < -0.3 is 5.11 Å². The largest absolute Gasteiger partial charge is 0.393 e. The molecule has 4 nitrogen and oxygen atoms in total. The van der Waals surface area contributed by atoms with E-state index in [1.807, 2.05) is 0 Å². The van der Waals surface area contributed by atoms with Crippen molar-refractivity contribution >= 4 is 33.1 Å². The van der Waals surface area contributed by atoms with Crippen LogP contribution in [0.2, 0.25) is 0 Å². The van der Waals surface area contributed by atoms with Crippen molar-refractivity contribution in [3.05, 3.63) is 12.1 Å². The van der Waals surface area contributed by atoms with Gasteiger partial charge in [-0.15, -0.1) is 23.1 Å². The zero-order chi connectivity index (χ0) is 12.5. The Morgan fingerprint density at radius 2 is 1.94 bits per heavy atom. The highest BCUT2D eigenvalue weighted by atomic mass is 32.3. The first-order valence-corrected chi connectivity index (χ1v) is 8.67. The van der Waals surface area contributed by atoms with Crippen LogP contribution < -0.4 is 5.14 Å². The number of aliphatic hydroxyl groups excluding tert-OH is 1. The molecule has 0 amide bonds. The fraction of sp³-hybridized carbons (Fsp3) is 0.600. The minimum absolute atomic E-state index is 0.157. The molecule has 1 saturated carbocycles. The molecule has 0 aromatic carbocycles. The van der Waals surface area contributed by atoms with E-state index in [2.05, 4.69) is 0 Å². The Labute approximate surface area is 109 Å². The summed E-state index contributed by atoms with van der Waals surface area (Å²) in [5.74, 6) is 0. The number of thiophene rings is 1. The first-order chi connectivity index (χ1) is 7.95. The average Bonchev–Trinajstić information content (AvgIpc) is 2.69. The smallest absolute Gasteiger partial charge is 0.247 e. The second-order valence-corrected chi connectivity index (χ2v) is 8.64. The van der Waals surface area contributed by atoms with Crippen molar-refractivity contribution in [3.8, 4) is 0 Å². The summed E-state index contributed by atoms with van der Waals surface area (Å²) in [6.07, 6.45) is 3.48. The molecule has 0 atom stereocenters. The molecule has 0 bridgehead atoms. The first-order valence-electron chi connectivity index (χ1n) is 5.42. The highest BCUT2D eigenvalue weighted by molar-refractivity contribution is 8.02. The van der Waals surface area contributed by atoms with Gasteiger partial charge in [0.25, 0.3) is 0 Å². The van der Waals surface area contributed by atoms with Gasteiger partial charge in [-0.1, -0.05) is 0 Å². The van der Waals surface area contributed by atoms with Crippen LogP contribution in [-0.4, -0.2) is 24.9 Å². The minimum atomic E-state index is -3.57. The van der Waals surface area contributed by atoms with Crippen LogP contribution in [0.4, 0.5) is 0 Å². The quantitative estimate of drug-likeness (QED) is 0.890. The molecular formula is C10H15NO3S3. The van der Waals surface area contributed by atoms with E-state index in [9.17, 15) is 13.5 Å². The third-order valence-corrected chi connectivity index (χ3v) is 6.79. The molecule has 0 aliphatic heterocycles. The Morgan fingerprint density at radius 1 is 1.29 bits per heavy atom. The number of hydrogen-bond donors (Lipinski definition) is 2. The van der Waals surface area contributed by atoms with Crippen LogP contribution in [0.5, 0.6) is 0 Å². The summed E-state index contributed by atoms with van der Waals surface area (Å²) in [5.41, 5.74) is 0. The molecule has 3 N–H and O–H groups in total. The van der Waals surface area contributed by atoms with Crippen LogP contribution in [0, 0.1) is 0 Å². The number of sulfonamides is 1. The Kier molecular flexibility index (Phi) is 4.14. The maximum atomic E-state index is 11.1. The minimum Gasteiger partial charge on any atom is -0.393 e. The molecule has 0 unspecified atom stereocenters.